The summed E-state index contributed by atoms with van der Waals surface area (Å²) in [5.74, 6) is 0.0689. The number of aromatic amines is 1. The number of Topliss-reactive ketones (excluding diaryl/α,β-unsaturated/α-hetero) is 1. The molecule has 4 N–H and O–H groups in total. The number of nitrogens with one attached hydrogen (secondary N) is 2. The van der Waals surface area contributed by atoms with Crippen molar-refractivity contribution in [3.63, 3.8) is 0 Å². The first-order valence-electron chi connectivity index (χ1n) is 6.14. The molecule has 0 spiro atoms. The molecule has 1 aromatic carbocycles. The number of anilines is 1. The molecule has 0 saturated carbocycles. The number of pyridine rings is 1. The number of aromatic nitrogens is 1. The molecular formula is C14H17N3O2. The van der Waals surface area contributed by atoms with E-state index >= 15 is 0 Å². The minimum Gasteiger partial charge on any atom is -0.385 e. The number of nitrogens with two attached hydrogens (primary N) is 1. The molecular weight excluding hydrogens is 242 g/mol. The van der Waals surface area contributed by atoms with Crippen molar-refractivity contribution in [2.45, 2.75) is 13.3 Å². The molecule has 0 bridgehead atoms. The quantitative estimate of drug-likeness (QED) is 0.720. The fourth-order valence-corrected chi connectivity index (χ4v) is 2.13. The van der Waals surface area contributed by atoms with Gasteiger partial charge in [-0.2, -0.15) is 0 Å². The van der Waals surface area contributed by atoms with E-state index in [1.165, 1.54) is 0 Å². The van der Waals surface area contributed by atoms with Crippen molar-refractivity contribution in [2.24, 2.45) is 0 Å². The Balaban J connectivity index is 2.66. The molecule has 5 heteroatoms. The predicted octanol–water partition coefficient (Wildman–Crippen LogP) is 1.21. The van der Waals surface area contributed by atoms with Crippen LogP contribution in [0.15, 0.2) is 23.0 Å². The van der Waals surface area contributed by atoms with Crippen molar-refractivity contribution in [1.29, 1.82) is 0 Å². The second-order valence-corrected chi connectivity index (χ2v) is 4.57. The van der Waals surface area contributed by atoms with Gasteiger partial charge >= 0.3 is 0 Å². The highest BCUT2D eigenvalue weighted by Gasteiger charge is 2.16. The molecule has 0 radical (unpaired) electrons. The molecule has 2 aromatic rings. The zero-order chi connectivity index (χ0) is 14.0. The fraction of sp³-hybridized carbons (Fsp3) is 0.286. The molecule has 5 nitrogen and oxygen atoms in total. The molecule has 0 atom stereocenters. The molecule has 0 aliphatic carbocycles. The number of rotatable bonds is 4. The zero-order valence-corrected chi connectivity index (χ0v) is 11.0. The summed E-state index contributed by atoms with van der Waals surface area (Å²) in [6, 6.07) is 5.42. The Labute approximate surface area is 110 Å². The number of nitrogen functional groups attached to an aromatic ring is 1. The topological polar surface area (TPSA) is 88.0 Å². The summed E-state index contributed by atoms with van der Waals surface area (Å²) in [5, 5.41) is 4.04. The number of carbonyl (C=O) groups excluding carboxylic acids is 1. The summed E-state index contributed by atoms with van der Waals surface area (Å²) >= 11 is 0. The summed E-state index contributed by atoms with van der Waals surface area (Å²) < 4.78 is 0. The Morgan fingerprint density at radius 1 is 1.37 bits per heavy atom. The Hall–Kier alpha value is -2.14. The fourth-order valence-electron chi connectivity index (χ4n) is 2.13. The molecule has 19 heavy (non-hydrogen) atoms. The molecule has 0 unspecified atom stereocenters. The summed E-state index contributed by atoms with van der Waals surface area (Å²) in [4.78, 5) is 26.6. The van der Waals surface area contributed by atoms with Crippen LogP contribution in [0.25, 0.3) is 10.8 Å². The highest BCUT2D eigenvalue weighted by atomic mass is 16.1. The second-order valence-electron chi connectivity index (χ2n) is 4.57. The summed E-state index contributed by atoms with van der Waals surface area (Å²) in [6.45, 7) is 2.47. The largest absolute Gasteiger partial charge is 0.385 e. The monoisotopic (exact) mass is 259 g/mol. The molecule has 100 valence electrons. The lowest BCUT2D eigenvalue weighted by Crippen LogP contribution is -2.18. The minimum absolute atomic E-state index is 0.0723. The summed E-state index contributed by atoms with van der Waals surface area (Å²) in [6.07, 6.45) is 0.343. The van der Waals surface area contributed by atoms with Gasteiger partial charge in [0.2, 0.25) is 0 Å². The predicted molar refractivity (Wildman–Crippen MR) is 76.6 cm³/mol. The van der Waals surface area contributed by atoms with Gasteiger partial charge in [0, 0.05) is 23.7 Å². The van der Waals surface area contributed by atoms with Crippen molar-refractivity contribution >= 4 is 22.4 Å². The van der Waals surface area contributed by atoms with E-state index < -0.39 is 0 Å². The van der Waals surface area contributed by atoms with E-state index in [0.29, 0.717) is 29.3 Å². The van der Waals surface area contributed by atoms with Crippen molar-refractivity contribution in [3.05, 3.63) is 39.7 Å². The van der Waals surface area contributed by atoms with Crippen LogP contribution in [0, 0.1) is 6.92 Å². The normalized spacial score (nSPS) is 10.8. The molecule has 2 rings (SSSR count). The second kappa shape index (κ2) is 5.24. The van der Waals surface area contributed by atoms with Gasteiger partial charge in [-0.1, -0.05) is 17.7 Å². The van der Waals surface area contributed by atoms with Crippen molar-refractivity contribution < 1.29 is 4.79 Å². The highest BCUT2D eigenvalue weighted by molar-refractivity contribution is 6.11. The molecule has 0 fully saturated rings. The van der Waals surface area contributed by atoms with Crippen LogP contribution < -0.4 is 16.6 Å². The number of H-pyrrole nitrogens is 1. The number of aryl methyl sites for hydroxylation is 1. The third-order valence-corrected chi connectivity index (χ3v) is 3.09. The number of ketones is 1. The summed E-state index contributed by atoms with van der Waals surface area (Å²) in [7, 11) is 1.78. The van der Waals surface area contributed by atoms with Crippen LogP contribution >= 0.6 is 0 Å². The first kappa shape index (κ1) is 13.3. The van der Waals surface area contributed by atoms with Crippen LogP contribution in [-0.2, 0) is 0 Å². The minimum atomic E-state index is -0.263. The zero-order valence-electron chi connectivity index (χ0n) is 11.0. The van der Waals surface area contributed by atoms with E-state index in [4.69, 9.17) is 5.73 Å². The Morgan fingerprint density at radius 2 is 2.11 bits per heavy atom. The van der Waals surface area contributed by atoms with E-state index in [1.54, 1.807) is 19.2 Å². The van der Waals surface area contributed by atoms with Crippen LogP contribution in [0.2, 0.25) is 0 Å². The maximum Gasteiger partial charge on any atom is 0.257 e. The standard InChI is InChI=1S/C14H17N3O2/c1-8-3-4-9-10(7-8)14(19)17-13(15)12(9)11(18)5-6-16-2/h3-4,7,16H,5-6H2,1-2H3,(H3,15,17,19). The van der Waals surface area contributed by atoms with Crippen LogP contribution in [0.1, 0.15) is 22.3 Å². The first-order chi connectivity index (χ1) is 9.04. The van der Waals surface area contributed by atoms with Crippen LogP contribution in [0.5, 0.6) is 0 Å². The number of benzene rings is 1. The van der Waals surface area contributed by atoms with Gasteiger partial charge in [0.05, 0.1) is 5.56 Å². The number of hydrogen-bond donors (Lipinski definition) is 3. The third kappa shape index (κ3) is 2.51. The highest BCUT2D eigenvalue weighted by Crippen LogP contribution is 2.22. The maximum absolute atomic E-state index is 12.2. The van der Waals surface area contributed by atoms with Gasteiger partial charge in [0.15, 0.2) is 5.78 Å². The van der Waals surface area contributed by atoms with Crippen molar-refractivity contribution in [1.82, 2.24) is 10.3 Å². The molecule has 1 aromatic heterocycles. The molecule has 1 heterocycles. The van der Waals surface area contributed by atoms with Gasteiger partial charge in [-0.05, 0) is 20.0 Å². The third-order valence-electron chi connectivity index (χ3n) is 3.09. The van der Waals surface area contributed by atoms with Gasteiger partial charge in [-0.15, -0.1) is 0 Å². The van der Waals surface area contributed by atoms with Crippen LogP contribution in [0.4, 0.5) is 5.82 Å². The first-order valence-corrected chi connectivity index (χ1v) is 6.14. The Morgan fingerprint density at radius 3 is 2.79 bits per heavy atom. The summed E-state index contributed by atoms with van der Waals surface area (Å²) in [5.41, 5.74) is 6.91. The molecule has 0 amide bonds. The van der Waals surface area contributed by atoms with Gasteiger partial charge < -0.3 is 16.0 Å². The van der Waals surface area contributed by atoms with E-state index in [1.807, 2.05) is 13.0 Å². The van der Waals surface area contributed by atoms with E-state index in [-0.39, 0.29) is 17.2 Å². The lowest BCUT2D eigenvalue weighted by atomic mass is 10.00. The van der Waals surface area contributed by atoms with Gasteiger partial charge in [0.1, 0.15) is 5.82 Å². The van der Waals surface area contributed by atoms with Crippen molar-refractivity contribution in [2.75, 3.05) is 19.3 Å². The number of fused-ring (bicyclic) bond motifs is 1. The smallest absolute Gasteiger partial charge is 0.257 e. The van der Waals surface area contributed by atoms with Gasteiger partial charge in [0.25, 0.3) is 5.56 Å². The SMILES string of the molecule is CNCCC(=O)c1c(N)[nH]c(=O)c2cc(C)ccc12. The Kier molecular flexibility index (Phi) is 3.66. The number of hydrogen-bond acceptors (Lipinski definition) is 4. The van der Waals surface area contributed by atoms with E-state index in [9.17, 15) is 9.59 Å². The van der Waals surface area contributed by atoms with Crippen LogP contribution in [-0.4, -0.2) is 24.4 Å². The van der Waals surface area contributed by atoms with E-state index in [0.717, 1.165) is 5.56 Å². The maximum atomic E-state index is 12.2. The lowest BCUT2D eigenvalue weighted by molar-refractivity contribution is 0.0985. The average Bonchev–Trinajstić information content (AvgIpc) is 2.37. The van der Waals surface area contributed by atoms with Gasteiger partial charge in [-0.3, -0.25) is 9.59 Å². The van der Waals surface area contributed by atoms with Crippen molar-refractivity contribution in [3.8, 4) is 0 Å². The Bertz CT molecular complexity index is 689. The molecule has 0 aliphatic rings. The molecule has 0 saturated heterocycles. The molecule has 0 aliphatic heterocycles. The average molecular weight is 259 g/mol. The van der Waals surface area contributed by atoms with Gasteiger partial charge in [-0.25, -0.2) is 0 Å². The van der Waals surface area contributed by atoms with Crippen LogP contribution in [0.3, 0.4) is 0 Å². The number of carbonyl (C=O) groups is 1. The van der Waals surface area contributed by atoms with E-state index in [2.05, 4.69) is 10.3 Å². The lowest BCUT2D eigenvalue weighted by Gasteiger charge is -2.09.